The third kappa shape index (κ3) is 3.19. The Morgan fingerprint density at radius 3 is 2.80 bits per heavy atom. The molecule has 2 rings (SSSR count). The van der Waals surface area contributed by atoms with E-state index in [9.17, 15) is 14.7 Å². The topological polar surface area (TPSA) is 76.5 Å². The Hall–Kier alpha value is -2.27. The average Bonchev–Trinajstić information content (AvgIpc) is 2.46. The van der Waals surface area contributed by atoms with Gasteiger partial charge in [-0.25, -0.2) is 0 Å². The number of carbonyl (C=O) groups is 2. The van der Waals surface area contributed by atoms with Crippen molar-refractivity contribution in [2.24, 2.45) is 0 Å². The molecule has 0 amide bonds. The molecule has 2 aromatic rings. The highest BCUT2D eigenvalue weighted by atomic mass is 16.5. The van der Waals surface area contributed by atoms with Crippen molar-refractivity contribution in [2.45, 2.75) is 18.9 Å². The Labute approximate surface area is 116 Å². The van der Waals surface area contributed by atoms with Crippen LogP contribution in [0.5, 0.6) is 0 Å². The van der Waals surface area contributed by atoms with Gasteiger partial charge in [0.1, 0.15) is 12.2 Å². The zero-order valence-corrected chi connectivity index (χ0v) is 11.1. The number of aliphatic hydroxyl groups is 1. The van der Waals surface area contributed by atoms with E-state index in [1.807, 2.05) is 24.3 Å². The lowest BCUT2D eigenvalue weighted by atomic mass is 9.99. The molecule has 104 valence electrons. The number of hydrogen-bond acceptors (Lipinski definition) is 5. The summed E-state index contributed by atoms with van der Waals surface area (Å²) >= 11 is 0. The molecule has 0 spiro atoms. The number of pyridine rings is 1. The van der Waals surface area contributed by atoms with Crippen LogP contribution < -0.4 is 0 Å². The molecule has 1 aromatic heterocycles. The number of esters is 1. The van der Waals surface area contributed by atoms with Crippen LogP contribution in [0.3, 0.4) is 0 Å². The maximum Gasteiger partial charge on any atom is 0.313 e. The predicted molar refractivity (Wildman–Crippen MR) is 73.0 cm³/mol. The number of carbonyl (C=O) groups excluding carboxylic acids is 2. The van der Waals surface area contributed by atoms with Gasteiger partial charge in [-0.1, -0.05) is 24.3 Å². The second-order valence-corrected chi connectivity index (χ2v) is 4.46. The summed E-state index contributed by atoms with van der Waals surface area (Å²) in [6.07, 6.45) is 1.79. The molecule has 0 aliphatic rings. The standard InChI is InChI=1S/C15H15NO4/c1-20-15(19)7-11(17)6-14(18)13-9-16-8-10-4-2-3-5-12(10)13/h2-5,8-9,14,18H,6-7H2,1H3. The third-order valence-electron chi connectivity index (χ3n) is 3.05. The van der Waals surface area contributed by atoms with Crippen molar-refractivity contribution < 1.29 is 19.4 Å². The van der Waals surface area contributed by atoms with Gasteiger partial charge < -0.3 is 9.84 Å². The second kappa shape index (κ2) is 6.25. The van der Waals surface area contributed by atoms with Crippen molar-refractivity contribution >= 4 is 22.5 Å². The molecule has 5 heteroatoms. The quantitative estimate of drug-likeness (QED) is 0.664. The minimum absolute atomic E-state index is 0.134. The number of fused-ring (bicyclic) bond motifs is 1. The molecular weight excluding hydrogens is 258 g/mol. The molecule has 1 heterocycles. The molecule has 1 unspecified atom stereocenters. The summed E-state index contributed by atoms with van der Waals surface area (Å²) in [6.45, 7) is 0. The SMILES string of the molecule is COC(=O)CC(=O)CC(O)c1cncc2ccccc12. The summed E-state index contributed by atoms with van der Waals surface area (Å²) < 4.78 is 4.42. The molecule has 0 fully saturated rings. The van der Waals surface area contributed by atoms with Gasteiger partial charge in [0.05, 0.1) is 13.2 Å². The molecule has 20 heavy (non-hydrogen) atoms. The van der Waals surface area contributed by atoms with Crippen molar-refractivity contribution in [3.05, 3.63) is 42.2 Å². The Balaban J connectivity index is 2.17. The number of ketones is 1. The highest BCUT2D eigenvalue weighted by Crippen LogP contribution is 2.25. The number of benzene rings is 1. The number of hydrogen-bond donors (Lipinski definition) is 1. The van der Waals surface area contributed by atoms with E-state index < -0.39 is 12.1 Å². The average molecular weight is 273 g/mol. The monoisotopic (exact) mass is 273 g/mol. The molecule has 1 atom stereocenters. The molecule has 0 saturated carbocycles. The Morgan fingerprint density at radius 1 is 1.30 bits per heavy atom. The molecule has 0 radical (unpaired) electrons. The molecular formula is C15H15NO4. The zero-order chi connectivity index (χ0) is 14.5. The van der Waals surface area contributed by atoms with Gasteiger partial charge in [0.25, 0.3) is 0 Å². The van der Waals surface area contributed by atoms with Gasteiger partial charge >= 0.3 is 5.97 Å². The number of methoxy groups -OCH3 is 1. The van der Waals surface area contributed by atoms with Crippen LogP contribution in [0, 0.1) is 0 Å². The van der Waals surface area contributed by atoms with Gasteiger partial charge in [-0.3, -0.25) is 14.6 Å². The lowest BCUT2D eigenvalue weighted by molar-refractivity contribution is -0.143. The lowest BCUT2D eigenvalue weighted by Gasteiger charge is -2.12. The maximum atomic E-state index is 11.7. The third-order valence-corrected chi connectivity index (χ3v) is 3.05. The first-order valence-electron chi connectivity index (χ1n) is 6.21. The van der Waals surface area contributed by atoms with E-state index in [0.717, 1.165) is 10.8 Å². The van der Waals surface area contributed by atoms with Gasteiger partial charge in [0.15, 0.2) is 0 Å². The molecule has 1 aromatic carbocycles. The first-order chi connectivity index (χ1) is 9.61. The van der Waals surface area contributed by atoms with Crippen LogP contribution in [0.25, 0.3) is 10.8 Å². The van der Waals surface area contributed by atoms with Crippen LogP contribution in [0.4, 0.5) is 0 Å². The summed E-state index contributed by atoms with van der Waals surface area (Å²) in [7, 11) is 1.22. The van der Waals surface area contributed by atoms with E-state index in [1.165, 1.54) is 7.11 Å². The lowest BCUT2D eigenvalue weighted by Crippen LogP contribution is -2.13. The molecule has 0 bridgehead atoms. The van der Waals surface area contributed by atoms with Gasteiger partial charge in [-0.15, -0.1) is 0 Å². The van der Waals surface area contributed by atoms with Gasteiger partial charge in [-0.2, -0.15) is 0 Å². The second-order valence-electron chi connectivity index (χ2n) is 4.46. The maximum absolute atomic E-state index is 11.7. The molecule has 0 saturated heterocycles. The highest BCUT2D eigenvalue weighted by molar-refractivity contribution is 5.96. The van der Waals surface area contributed by atoms with Crippen LogP contribution in [-0.2, 0) is 14.3 Å². The van der Waals surface area contributed by atoms with Crippen LogP contribution in [-0.4, -0.2) is 29.0 Å². The van der Waals surface area contributed by atoms with Crippen molar-refractivity contribution in [2.75, 3.05) is 7.11 Å². The summed E-state index contributed by atoms with van der Waals surface area (Å²) in [6, 6.07) is 7.48. The number of aromatic nitrogens is 1. The van der Waals surface area contributed by atoms with Gasteiger partial charge in [0.2, 0.25) is 0 Å². The number of Topliss-reactive ketones (excluding diaryl/α,β-unsaturated/α-hetero) is 1. The summed E-state index contributed by atoms with van der Waals surface area (Å²) in [4.78, 5) is 26.7. The fourth-order valence-corrected chi connectivity index (χ4v) is 2.04. The zero-order valence-electron chi connectivity index (χ0n) is 11.1. The molecule has 0 aliphatic heterocycles. The minimum atomic E-state index is -0.981. The van der Waals surface area contributed by atoms with E-state index in [4.69, 9.17) is 0 Å². The largest absolute Gasteiger partial charge is 0.469 e. The summed E-state index contributed by atoms with van der Waals surface area (Å²) in [5.74, 6) is -0.962. The fraction of sp³-hybridized carbons (Fsp3) is 0.267. The van der Waals surface area contributed by atoms with Crippen LogP contribution >= 0.6 is 0 Å². The first kappa shape index (κ1) is 14.1. The molecule has 0 aliphatic carbocycles. The van der Waals surface area contributed by atoms with Crippen molar-refractivity contribution in [1.29, 1.82) is 0 Å². The van der Waals surface area contributed by atoms with Gasteiger partial charge in [0, 0.05) is 29.8 Å². The van der Waals surface area contributed by atoms with Crippen molar-refractivity contribution in [3.63, 3.8) is 0 Å². The Bertz CT molecular complexity index is 633. The Morgan fingerprint density at radius 2 is 2.05 bits per heavy atom. The van der Waals surface area contributed by atoms with Crippen LogP contribution in [0.2, 0.25) is 0 Å². The minimum Gasteiger partial charge on any atom is -0.469 e. The first-order valence-corrected chi connectivity index (χ1v) is 6.21. The van der Waals surface area contributed by atoms with Crippen molar-refractivity contribution in [3.8, 4) is 0 Å². The number of nitrogens with zero attached hydrogens (tertiary/aromatic N) is 1. The number of ether oxygens (including phenoxy) is 1. The summed E-state index contributed by atoms with van der Waals surface area (Å²) in [5, 5.41) is 11.9. The molecule has 5 nitrogen and oxygen atoms in total. The Kier molecular flexibility index (Phi) is 4.42. The van der Waals surface area contributed by atoms with Crippen LogP contribution in [0.1, 0.15) is 24.5 Å². The van der Waals surface area contributed by atoms with E-state index in [0.29, 0.717) is 5.56 Å². The highest BCUT2D eigenvalue weighted by Gasteiger charge is 2.18. The number of rotatable bonds is 5. The molecule has 1 N–H and O–H groups in total. The van der Waals surface area contributed by atoms with Crippen molar-refractivity contribution in [1.82, 2.24) is 4.98 Å². The van der Waals surface area contributed by atoms with E-state index in [-0.39, 0.29) is 18.6 Å². The predicted octanol–water partition coefficient (Wildman–Crippen LogP) is 1.79. The van der Waals surface area contributed by atoms with E-state index in [1.54, 1.807) is 12.4 Å². The van der Waals surface area contributed by atoms with Gasteiger partial charge in [-0.05, 0) is 5.39 Å². The summed E-state index contributed by atoms with van der Waals surface area (Å²) in [5.41, 5.74) is 0.585. The van der Waals surface area contributed by atoms with E-state index >= 15 is 0 Å². The normalized spacial score (nSPS) is 12.1. The van der Waals surface area contributed by atoms with E-state index in [2.05, 4.69) is 9.72 Å². The van der Waals surface area contributed by atoms with Crippen LogP contribution in [0.15, 0.2) is 36.7 Å². The number of aliphatic hydroxyl groups excluding tert-OH is 1. The smallest absolute Gasteiger partial charge is 0.313 e. The fourth-order valence-electron chi connectivity index (χ4n) is 2.04.